The molecule has 106 valence electrons. The molecule has 0 unspecified atom stereocenters. The van der Waals surface area contributed by atoms with E-state index in [0.717, 1.165) is 11.1 Å². The number of nitrogens with zero attached hydrogens (tertiary/aromatic N) is 1. The van der Waals surface area contributed by atoms with Crippen LogP contribution in [0.15, 0.2) is 35.5 Å². The summed E-state index contributed by atoms with van der Waals surface area (Å²) in [7, 11) is -3.81. The van der Waals surface area contributed by atoms with Gasteiger partial charge in [-0.3, -0.25) is 9.71 Å². The Hall–Kier alpha value is -1.79. The van der Waals surface area contributed by atoms with Gasteiger partial charge in [-0.1, -0.05) is 11.6 Å². The number of benzene rings is 1. The summed E-state index contributed by atoms with van der Waals surface area (Å²) in [5.74, 6) is 0. The summed E-state index contributed by atoms with van der Waals surface area (Å²) < 4.78 is 27.2. The number of aryl methyl sites for hydroxylation is 2. The minimum absolute atomic E-state index is 0.0504. The Morgan fingerprint density at radius 3 is 2.60 bits per heavy atom. The van der Waals surface area contributed by atoms with Crippen molar-refractivity contribution in [2.24, 2.45) is 0 Å². The van der Waals surface area contributed by atoms with E-state index >= 15 is 0 Å². The van der Waals surface area contributed by atoms with Gasteiger partial charge in [0.05, 0.1) is 16.9 Å². The maximum absolute atomic E-state index is 12.4. The first-order valence-corrected chi connectivity index (χ1v) is 7.66. The van der Waals surface area contributed by atoms with Gasteiger partial charge >= 0.3 is 0 Å². The summed E-state index contributed by atoms with van der Waals surface area (Å²) in [5.41, 5.74) is 8.02. The van der Waals surface area contributed by atoms with E-state index in [9.17, 15) is 8.42 Å². The second kappa shape index (κ2) is 5.30. The molecule has 5 nitrogen and oxygen atoms in total. The summed E-state index contributed by atoms with van der Waals surface area (Å²) in [6.45, 7) is 3.54. The molecule has 0 aliphatic heterocycles. The smallest absolute Gasteiger partial charge is 0.263 e. The molecule has 0 fully saturated rings. The van der Waals surface area contributed by atoms with Crippen LogP contribution in [0.3, 0.4) is 0 Å². The molecule has 2 rings (SSSR count). The summed E-state index contributed by atoms with van der Waals surface area (Å²) >= 11 is 6.00. The molecular weight excluding hydrogens is 298 g/mol. The molecule has 3 N–H and O–H groups in total. The van der Waals surface area contributed by atoms with Crippen LogP contribution in [0.4, 0.5) is 11.4 Å². The van der Waals surface area contributed by atoms with E-state index in [-0.39, 0.29) is 9.92 Å². The zero-order valence-corrected chi connectivity index (χ0v) is 12.6. The Kier molecular flexibility index (Phi) is 3.87. The van der Waals surface area contributed by atoms with Crippen molar-refractivity contribution in [2.75, 3.05) is 10.5 Å². The molecule has 1 heterocycles. The predicted molar refractivity (Wildman–Crippen MR) is 80.4 cm³/mol. The van der Waals surface area contributed by atoms with Gasteiger partial charge in [0.25, 0.3) is 10.0 Å². The highest BCUT2D eigenvalue weighted by Crippen LogP contribution is 2.28. The van der Waals surface area contributed by atoms with Crippen molar-refractivity contribution in [3.8, 4) is 0 Å². The predicted octanol–water partition coefficient (Wildman–Crippen LogP) is 2.73. The normalized spacial score (nSPS) is 11.3. The molecule has 2 aromatic rings. The number of rotatable bonds is 3. The molecule has 1 aromatic carbocycles. The van der Waals surface area contributed by atoms with Crippen molar-refractivity contribution >= 4 is 33.0 Å². The fourth-order valence-corrected chi connectivity index (χ4v) is 3.38. The highest BCUT2D eigenvalue weighted by Gasteiger charge is 2.20. The van der Waals surface area contributed by atoms with E-state index in [2.05, 4.69) is 9.71 Å². The Morgan fingerprint density at radius 1 is 1.25 bits per heavy atom. The minimum Gasteiger partial charge on any atom is -0.398 e. The first-order valence-electron chi connectivity index (χ1n) is 5.80. The molecule has 0 saturated heterocycles. The van der Waals surface area contributed by atoms with Gasteiger partial charge in [0.15, 0.2) is 0 Å². The van der Waals surface area contributed by atoms with Crippen molar-refractivity contribution < 1.29 is 8.42 Å². The van der Waals surface area contributed by atoms with Gasteiger partial charge in [0.2, 0.25) is 0 Å². The molecule has 0 radical (unpaired) electrons. The highest BCUT2D eigenvalue weighted by molar-refractivity contribution is 7.92. The molecule has 0 saturated carbocycles. The quantitative estimate of drug-likeness (QED) is 0.853. The number of nitrogens with one attached hydrogen (secondary N) is 1. The van der Waals surface area contributed by atoms with Crippen molar-refractivity contribution in [1.82, 2.24) is 4.98 Å². The molecule has 0 spiro atoms. The average Bonchev–Trinajstić information content (AvgIpc) is 2.36. The van der Waals surface area contributed by atoms with E-state index in [0.29, 0.717) is 11.4 Å². The van der Waals surface area contributed by atoms with Gasteiger partial charge in [-0.15, -0.1) is 0 Å². The molecule has 20 heavy (non-hydrogen) atoms. The Labute approximate surface area is 122 Å². The van der Waals surface area contributed by atoms with Crippen LogP contribution in [-0.4, -0.2) is 13.4 Å². The number of hydrogen-bond donors (Lipinski definition) is 2. The Balaban J connectivity index is 2.47. The van der Waals surface area contributed by atoms with E-state index < -0.39 is 10.0 Å². The summed E-state index contributed by atoms with van der Waals surface area (Å²) in [4.78, 5) is 3.84. The number of pyridine rings is 1. The van der Waals surface area contributed by atoms with Gasteiger partial charge < -0.3 is 5.73 Å². The van der Waals surface area contributed by atoms with E-state index in [4.69, 9.17) is 17.3 Å². The third-order valence-electron chi connectivity index (χ3n) is 2.89. The van der Waals surface area contributed by atoms with Crippen LogP contribution in [0.25, 0.3) is 0 Å². The SMILES string of the molecule is Cc1cc(Cl)c(S(=O)(=O)Nc2cnccc2C)cc1N. The summed E-state index contributed by atoms with van der Waals surface area (Å²) in [6, 6.07) is 4.59. The van der Waals surface area contributed by atoms with E-state index in [1.54, 1.807) is 26.1 Å². The summed E-state index contributed by atoms with van der Waals surface area (Å²) in [6.07, 6.45) is 3.03. The maximum Gasteiger partial charge on any atom is 0.263 e. The number of anilines is 2. The number of aromatic nitrogens is 1. The number of halogens is 1. The molecule has 0 bridgehead atoms. The average molecular weight is 312 g/mol. The maximum atomic E-state index is 12.4. The molecule has 7 heteroatoms. The third-order valence-corrected chi connectivity index (χ3v) is 4.72. The van der Waals surface area contributed by atoms with Crippen molar-refractivity contribution in [3.05, 3.63) is 46.7 Å². The molecular formula is C13H14ClN3O2S. The second-order valence-corrected chi connectivity index (χ2v) is 6.49. The fraction of sp³-hybridized carbons (Fsp3) is 0.154. The largest absolute Gasteiger partial charge is 0.398 e. The van der Waals surface area contributed by atoms with Gasteiger partial charge in [-0.2, -0.15) is 0 Å². The number of hydrogen-bond acceptors (Lipinski definition) is 4. The van der Waals surface area contributed by atoms with E-state index in [1.807, 2.05) is 0 Å². The van der Waals surface area contributed by atoms with Crippen LogP contribution in [0.5, 0.6) is 0 Å². The van der Waals surface area contributed by atoms with Crippen molar-refractivity contribution in [3.63, 3.8) is 0 Å². The zero-order chi connectivity index (χ0) is 14.9. The van der Waals surface area contributed by atoms with Crippen LogP contribution in [-0.2, 0) is 10.0 Å². The van der Waals surface area contributed by atoms with Crippen molar-refractivity contribution in [1.29, 1.82) is 0 Å². The van der Waals surface area contributed by atoms with Gasteiger partial charge in [0, 0.05) is 11.9 Å². The third kappa shape index (κ3) is 2.86. The Morgan fingerprint density at radius 2 is 1.95 bits per heavy atom. The first-order chi connectivity index (χ1) is 9.31. The number of nitrogens with two attached hydrogens (primary N) is 1. The Bertz CT molecular complexity index is 760. The zero-order valence-electron chi connectivity index (χ0n) is 11.0. The van der Waals surface area contributed by atoms with Crippen LogP contribution < -0.4 is 10.5 Å². The monoisotopic (exact) mass is 311 g/mol. The highest BCUT2D eigenvalue weighted by atomic mass is 35.5. The topological polar surface area (TPSA) is 85.1 Å². The van der Waals surface area contributed by atoms with Crippen LogP contribution >= 0.6 is 11.6 Å². The van der Waals surface area contributed by atoms with Crippen LogP contribution in [0.1, 0.15) is 11.1 Å². The van der Waals surface area contributed by atoms with Crippen LogP contribution in [0, 0.1) is 13.8 Å². The lowest BCUT2D eigenvalue weighted by molar-refractivity contribution is 0.601. The van der Waals surface area contributed by atoms with Crippen LogP contribution in [0.2, 0.25) is 5.02 Å². The number of sulfonamides is 1. The number of nitrogen functional groups attached to an aromatic ring is 1. The lowest BCUT2D eigenvalue weighted by Crippen LogP contribution is -2.15. The van der Waals surface area contributed by atoms with E-state index in [1.165, 1.54) is 18.3 Å². The van der Waals surface area contributed by atoms with Crippen molar-refractivity contribution in [2.45, 2.75) is 18.7 Å². The lowest BCUT2D eigenvalue weighted by Gasteiger charge is -2.12. The van der Waals surface area contributed by atoms with Gasteiger partial charge in [-0.05, 0) is 43.2 Å². The molecule has 0 aliphatic carbocycles. The second-order valence-electron chi connectivity index (χ2n) is 4.44. The molecule has 0 amide bonds. The molecule has 1 aromatic heterocycles. The fourth-order valence-electron chi connectivity index (χ4n) is 1.65. The molecule has 0 aliphatic rings. The van der Waals surface area contributed by atoms with Gasteiger partial charge in [0.1, 0.15) is 4.90 Å². The van der Waals surface area contributed by atoms with Gasteiger partial charge in [-0.25, -0.2) is 8.42 Å². The first kappa shape index (κ1) is 14.6. The minimum atomic E-state index is -3.81. The summed E-state index contributed by atoms with van der Waals surface area (Å²) in [5, 5.41) is 0.130. The standard InChI is InChI=1S/C13H14ClN3O2S/c1-8-3-4-16-7-12(8)17-20(18,19)13-6-11(15)9(2)5-10(13)14/h3-7,17H,15H2,1-2H3. The molecule has 0 atom stereocenters. The lowest BCUT2D eigenvalue weighted by atomic mass is 10.2.